The van der Waals surface area contributed by atoms with Crippen molar-refractivity contribution >= 4 is 11.3 Å². The van der Waals surface area contributed by atoms with Crippen LogP contribution in [0.25, 0.3) is 0 Å². The van der Waals surface area contributed by atoms with E-state index in [-0.39, 0.29) is 5.41 Å². The minimum atomic E-state index is 0.208. The molecule has 1 fully saturated rings. The van der Waals surface area contributed by atoms with Gasteiger partial charge in [0.15, 0.2) is 0 Å². The van der Waals surface area contributed by atoms with Gasteiger partial charge in [-0.05, 0) is 12.8 Å². The highest BCUT2D eigenvalue weighted by Crippen LogP contribution is 2.50. The molecule has 1 saturated carbocycles. The van der Waals surface area contributed by atoms with Gasteiger partial charge in [0.1, 0.15) is 0 Å². The Balaban J connectivity index is 2.16. The van der Waals surface area contributed by atoms with Crippen molar-refractivity contribution in [2.75, 3.05) is 6.61 Å². The van der Waals surface area contributed by atoms with Crippen LogP contribution in [-0.4, -0.2) is 11.6 Å². The van der Waals surface area contributed by atoms with E-state index in [1.807, 2.05) is 6.20 Å². The first-order valence-electron chi connectivity index (χ1n) is 4.96. The zero-order chi connectivity index (χ0) is 10.2. The highest BCUT2D eigenvalue weighted by Gasteiger charge is 2.46. The van der Waals surface area contributed by atoms with Gasteiger partial charge in [-0.3, -0.25) is 0 Å². The topological polar surface area (TPSA) is 48.1 Å². The number of hydrogen-bond acceptors (Lipinski definition) is 4. The third kappa shape index (κ3) is 1.69. The number of aromatic nitrogens is 1. The van der Waals surface area contributed by atoms with Gasteiger partial charge < -0.3 is 4.84 Å². The fraction of sp³-hybridized carbons (Fsp3) is 0.700. The molecule has 0 unspecified atom stereocenters. The summed E-state index contributed by atoms with van der Waals surface area (Å²) in [5.41, 5.74) is 0.208. The predicted octanol–water partition coefficient (Wildman–Crippen LogP) is 2.19. The average molecular weight is 212 g/mol. The molecule has 1 aromatic heterocycles. The van der Waals surface area contributed by atoms with Crippen molar-refractivity contribution in [2.24, 2.45) is 5.90 Å². The van der Waals surface area contributed by atoms with Gasteiger partial charge in [-0.2, -0.15) is 0 Å². The molecule has 0 bridgehead atoms. The largest absolute Gasteiger partial charge is 0.304 e. The van der Waals surface area contributed by atoms with E-state index in [4.69, 9.17) is 10.7 Å². The fourth-order valence-corrected chi connectivity index (χ4v) is 2.72. The number of nitrogens with two attached hydrogens (primary N) is 1. The highest BCUT2D eigenvalue weighted by atomic mass is 32.1. The van der Waals surface area contributed by atoms with E-state index in [0.29, 0.717) is 12.5 Å². The van der Waals surface area contributed by atoms with Gasteiger partial charge in [-0.1, -0.05) is 13.8 Å². The lowest BCUT2D eigenvalue weighted by Gasteiger charge is -2.09. The predicted molar refractivity (Wildman–Crippen MR) is 57.3 cm³/mol. The summed E-state index contributed by atoms with van der Waals surface area (Å²) in [5.74, 6) is 5.66. The fourth-order valence-electron chi connectivity index (χ4n) is 1.57. The maximum atomic E-state index is 5.14. The summed E-state index contributed by atoms with van der Waals surface area (Å²) in [6, 6.07) is 0. The molecule has 2 N–H and O–H groups in total. The number of nitrogens with zero attached hydrogens (tertiary/aromatic N) is 1. The van der Waals surface area contributed by atoms with Gasteiger partial charge in [0.2, 0.25) is 0 Å². The lowest BCUT2D eigenvalue weighted by atomic mass is 10.1. The van der Waals surface area contributed by atoms with E-state index in [2.05, 4.69) is 18.8 Å². The van der Waals surface area contributed by atoms with E-state index in [1.165, 1.54) is 22.7 Å². The summed E-state index contributed by atoms with van der Waals surface area (Å²) in [6.07, 6.45) is 4.36. The van der Waals surface area contributed by atoms with Crippen molar-refractivity contribution in [3.63, 3.8) is 0 Å². The van der Waals surface area contributed by atoms with Crippen LogP contribution < -0.4 is 5.90 Å². The standard InChI is InChI=1S/C10H16N2OS/c1-7(2)9-12-5-8(14-9)10(3-4-10)6-13-11/h5,7H,3-4,6,11H2,1-2H3. The molecule has 4 heteroatoms. The summed E-state index contributed by atoms with van der Waals surface area (Å²) in [4.78, 5) is 10.5. The maximum Gasteiger partial charge on any atom is 0.0953 e. The van der Waals surface area contributed by atoms with Crippen LogP contribution in [0.1, 0.15) is 42.5 Å². The van der Waals surface area contributed by atoms with E-state index in [9.17, 15) is 0 Å². The molecule has 0 aliphatic heterocycles. The third-order valence-corrected chi connectivity index (χ3v) is 4.30. The van der Waals surface area contributed by atoms with Gasteiger partial charge >= 0.3 is 0 Å². The zero-order valence-electron chi connectivity index (χ0n) is 8.62. The number of rotatable bonds is 4. The van der Waals surface area contributed by atoms with Crippen molar-refractivity contribution in [3.8, 4) is 0 Å². The van der Waals surface area contributed by atoms with Crippen LogP contribution in [0.4, 0.5) is 0 Å². The van der Waals surface area contributed by atoms with E-state index in [1.54, 1.807) is 11.3 Å². The van der Waals surface area contributed by atoms with Gasteiger partial charge in [-0.15, -0.1) is 11.3 Å². The third-order valence-electron chi connectivity index (χ3n) is 2.75. The Morgan fingerprint density at radius 2 is 2.36 bits per heavy atom. The van der Waals surface area contributed by atoms with Crippen molar-refractivity contribution in [2.45, 2.75) is 38.0 Å². The van der Waals surface area contributed by atoms with Gasteiger partial charge in [0.05, 0.1) is 11.6 Å². The SMILES string of the molecule is CC(C)c1ncc(C2(CON)CC2)s1. The first-order chi connectivity index (χ1) is 6.68. The van der Waals surface area contributed by atoms with Crippen molar-refractivity contribution < 1.29 is 4.84 Å². The molecule has 0 saturated heterocycles. The second-order valence-corrected chi connectivity index (χ2v) is 5.37. The molecule has 0 amide bonds. The quantitative estimate of drug-likeness (QED) is 0.778. The van der Waals surface area contributed by atoms with Crippen LogP contribution in [0.5, 0.6) is 0 Å². The van der Waals surface area contributed by atoms with Crippen LogP contribution in [0.2, 0.25) is 0 Å². The Morgan fingerprint density at radius 3 is 2.79 bits per heavy atom. The molecule has 2 rings (SSSR count). The number of hydrogen-bond donors (Lipinski definition) is 1. The zero-order valence-corrected chi connectivity index (χ0v) is 9.43. The molecule has 14 heavy (non-hydrogen) atoms. The summed E-state index contributed by atoms with van der Waals surface area (Å²) >= 11 is 1.80. The highest BCUT2D eigenvalue weighted by molar-refractivity contribution is 7.11. The maximum absolute atomic E-state index is 5.14. The Kier molecular flexibility index (Phi) is 2.60. The Hall–Kier alpha value is -0.450. The normalized spacial score (nSPS) is 18.9. The van der Waals surface area contributed by atoms with Gasteiger partial charge in [0.25, 0.3) is 0 Å². The van der Waals surface area contributed by atoms with Gasteiger partial charge in [0, 0.05) is 22.4 Å². The van der Waals surface area contributed by atoms with Crippen LogP contribution in [0, 0.1) is 0 Å². The molecule has 1 aliphatic carbocycles. The summed E-state index contributed by atoms with van der Waals surface area (Å²) in [5, 5.41) is 1.21. The Morgan fingerprint density at radius 1 is 1.64 bits per heavy atom. The summed E-state index contributed by atoms with van der Waals surface area (Å²) in [7, 11) is 0. The van der Waals surface area contributed by atoms with Crippen LogP contribution in [0.15, 0.2) is 6.20 Å². The molecule has 1 aromatic rings. The molecule has 0 atom stereocenters. The molecule has 0 spiro atoms. The first-order valence-corrected chi connectivity index (χ1v) is 5.77. The lowest BCUT2D eigenvalue weighted by Crippen LogP contribution is -2.16. The smallest absolute Gasteiger partial charge is 0.0953 e. The molecule has 0 radical (unpaired) electrons. The second-order valence-electron chi connectivity index (χ2n) is 4.31. The lowest BCUT2D eigenvalue weighted by molar-refractivity contribution is 0.117. The molecule has 78 valence electrons. The minimum Gasteiger partial charge on any atom is -0.304 e. The Labute approximate surface area is 88.2 Å². The van der Waals surface area contributed by atoms with Crippen molar-refractivity contribution in [1.29, 1.82) is 0 Å². The van der Waals surface area contributed by atoms with Crippen molar-refractivity contribution in [3.05, 3.63) is 16.1 Å². The van der Waals surface area contributed by atoms with E-state index < -0.39 is 0 Å². The van der Waals surface area contributed by atoms with Gasteiger partial charge in [-0.25, -0.2) is 10.9 Å². The first kappa shape index (κ1) is 10.1. The van der Waals surface area contributed by atoms with Crippen LogP contribution >= 0.6 is 11.3 Å². The average Bonchev–Trinajstić information content (AvgIpc) is 2.77. The molecular weight excluding hydrogens is 196 g/mol. The molecule has 1 aliphatic rings. The molecule has 0 aromatic carbocycles. The van der Waals surface area contributed by atoms with E-state index >= 15 is 0 Å². The summed E-state index contributed by atoms with van der Waals surface area (Å²) < 4.78 is 0. The molecular formula is C10H16N2OS. The van der Waals surface area contributed by atoms with Crippen LogP contribution in [0.3, 0.4) is 0 Å². The van der Waals surface area contributed by atoms with Crippen LogP contribution in [-0.2, 0) is 10.3 Å². The summed E-state index contributed by atoms with van der Waals surface area (Å²) in [6.45, 7) is 4.97. The monoisotopic (exact) mass is 212 g/mol. The molecule has 3 nitrogen and oxygen atoms in total. The Bertz CT molecular complexity index is 318. The number of thiazole rings is 1. The molecule has 1 heterocycles. The minimum absolute atomic E-state index is 0.208. The second kappa shape index (κ2) is 3.61. The van der Waals surface area contributed by atoms with Crippen molar-refractivity contribution in [1.82, 2.24) is 4.98 Å². The van der Waals surface area contributed by atoms with E-state index in [0.717, 1.165) is 0 Å².